The van der Waals surface area contributed by atoms with E-state index in [0.29, 0.717) is 25.3 Å². The summed E-state index contributed by atoms with van der Waals surface area (Å²) in [6.07, 6.45) is 6.42. The summed E-state index contributed by atoms with van der Waals surface area (Å²) in [6.45, 7) is 5.86. The second kappa shape index (κ2) is 11.9. The van der Waals surface area contributed by atoms with E-state index in [0.717, 1.165) is 38.2 Å². The first-order valence-electron chi connectivity index (χ1n) is 10.2. The van der Waals surface area contributed by atoms with Crippen LogP contribution in [0.25, 0.3) is 0 Å². The van der Waals surface area contributed by atoms with Crippen LogP contribution in [0, 0.1) is 0 Å². The van der Waals surface area contributed by atoms with E-state index >= 15 is 0 Å². The molecule has 28 heavy (non-hydrogen) atoms. The van der Waals surface area contributed by atoms with Gasteiger partial charge in [0.2, 0.25) is 15.9 Å². The summed E-state index contributed by atoms with van der Waals surface area (Å²) in [7, 11) is -3.73. The maximum atomic E-state index is 12.2. The largest absolute Gasteiger partial charge is 0.381 e. The van der Waals surface area contributed by atoms with Gasteiger partial charge in [0.05, 0.1) is 0 Å². The van der Waals surface area contributed by atoms with Crippen molar-refractivity contribution in [2.24, 2.45) is 0 Å². The summed E-state index contributed by atoms with van der Waals surface area (Å²) >= 11 is 0. The molecule has 0 atom stereocenters. The van der Waals surface area contributed by atoms with Crippen LogP contribution in [-0.2, 0) is 19.6 Å². The van der Waals surface area contributed by atoms with Gasteiger partial charge in [-0.1, -0.05) is 13.3 Å². The third kappa shape index (κ3) is 8.48. The maximum absolute atomic E-state index is 12.2. The first-order chi connectivity index (χ1) is 13.5. The summed E-state index contributed by atoms with van der Waals surface area (Å²) in [4.78, 5) is 14.2. The number of unbranched alkanes of at least 4 members (excludes halogenated alkanes) is 1. The zero-order valence-electron chi connectivity index (χ0n) is 16.8. The molecule has 0 bridgehead atoms. The topological polar surface area (TPSA) is 87.7 Å². The van der Waals surface area contributed by atoms with Gasteiger partial charge in [-0.2, -0.15) is 0 Å². The molecule has 0 spiro atoms. The normalized spacial score (nSPS) is 14.7. The van der Waals surface area contributed by atoms with Gasteiger partial charge in [-0.25, -0.2) is 8.42 Å². The van der Waals surface area contributed by atoms with E-state index in [4.69, 9.17) is 4.74 Å². The first kappa shape index (κ1) is 22.5. The van der Waals surface area contributed by atoms with E-state index in [1.807, 2.05) is 12.1 Å². The molecule has 7 nitrogen and oxygen atoms in total. The predicted molar refractivity (Wildman–Crippen MR) is 113 cm³/mol. The van der Waals surface area contributed by atoms with Crippen LogP contribution < -0.4 is 14.9 Å². The summed E-state index contributed by atoms with van der Waals surface area (Å²) in [5.41, 5.74) is 1.57. The van der Waals surface area contributed by atoms with Gasteiger partial charge in [0, 0.05) is 44.2 Å². The van der Waals surface area contributed by atoms with Crippen molar-refractivity contribution in [2.45, 2.75) is 45.4 Å². The molecule has 1 heterocycles. The molecule has 1 aliphatic rings. The number of rotatable bonds is 12. The fourth-order valence-electron chi connectivity index (χ4n) is 3.08. The second-order valence-corrected chi connectivity index (χ2v) is 8.85. The zero-order valence-corrected chi connectivity index (χ0v) is 17.6. The van der Waals surface area contributed by atoms with Crippen molar-refractivity contribution in [1.29, 1.82) is 0 Å². The Balaban J connectivity index is 1.71. The molecule has 0 unspecified atom stereocenters. The standard InChI is InChI=1S/C20H33N3O4S/c1-2-3-15-27-16-7-12-21-20(24)17-28(25,26)22-18-8-10-19(11-9-18)23-13-5-4-6-14-23/h8-11,22H,2-7,12-17H2,1H3,(H,21,24). The number of benzene rings is 1. The van der Waals surface area contributed by atoms with Gasteiger partial charge >= 0.3 is 0 Å². The first-order valence-corrected chi connectivity index (χ1v) is 11.9. The number of nitrogens with one attached hydrogen (secondary N) is 2. The summed E-state index contributed by atoms with van der Waals surface area (Å²) in [5, 5.41) is 2.62. The van der Waals surface area contributed by atoms with Crippen LogP contribution in [-0.4, -0.2) is 52.9 Å². The van der Waals surface area contributed by atoms with E-state index in [1.54, 1.807) is 12.1 Å². The molecule has 1 saturated heterocycles. The lowest BCUT2D eigenvalue weighted by molar-refractivity contribution is -0.118. The number of sulfonamides is 1. The smallest absolute Gasteiger partial charge is 0.241 e. The van der Waals surface area contributed by atoms with Crippen LogP contribution in [0.1, 0.15) is 45.4 Å². The van der Waals surface area contributed by atoms with Gasteiger partial charge < -0.3 is 15.0 Å². The van der Waals surface area contributed by atoms with Crippen molar-refractivity contribution < 1.29 is 17.9 Å². The number of hydrogen-bond donors (Lipinski definition) is 2. The molecule has 1 aromatic carbocycles. The Morgan fingerprint density at radius 3 is 2.43 bits per heavy atom. The van der Waals surface area contributed by atoms with Crippen LogP contribution in [0.15, 0.2) is 24.3 Å². The van der Waals surface area contributed by atoms with E-state index in [1.165, 1.54) is 19.3 Å². The molecule has 8 heteroatoms. The molecule has 2 N–H and O–H groups in total. The molecule has 1 aromatic rings. The maximum Gasteiger partial charge on any atom is 0.241 e. The number of piperidine rings is 1. The lowest BCUT2D eigenvalue weighted by atomic mass is 10.1. The minimum absolute atomic E-state index is 0.408. The Morgan fingerprint density at radius 1 is 1.07 bits per heavy atom. The SMILES string of the molecule is CCCCOCCCNC(=O)CS(=O)(=O)Nc1ccc(N2CCCCC2)cc1. The van der Waals surface area contributed by atoms with E-state index in [9.17, 15) is 13.2 Å². The Morgan fingerprint density at radius 2 is 1.75 bits per heavy atom. The Hall–Kier alpha value is -1.80. The number of ether oxygens (including phenoxy) is 1. The molecular formula is C20H33N3O4S. The molecule has 1 amide bonds. The monoisotopic (exact) mass is 411 g/mol. The van der Waals surface area contributed by atoms with E-state index in [2.05, 4.69) is 21.9 Å². The fraction of sp³-hybridized carbons (Fsp3) is 0.650. The van der Waals surface area contributed by atoms with Crippen molar-refractivity contribution in [3.63, 3.8) is 0 Å². The van der Waals surface area contributed by atoms with Crippen LogP contribution in [0.3, 0.4) is 0 Å². The molecule has 0 radical (unpaired) electrons. The predicted octanol–water partition coefficient (Wildman–Crippen LogP) is 2.74. The number of hydrogen-bond acceptors (Lipinski definition) is 5. The van der Waals surface area contributed by atoms with Crippen molar-refractivity contribution in [2.75, 3.05) is 48.2 Å². The van der Waals surface area contributed by atoms with Gasteiger partial charge in [-0.05, 0) is 56.4 Å². The lowest BCUT2D eigenvalue weighted by Crippen LogP contribution is -2.33. The highest BCUT2D eigenvalue weighted by atomic mass is 32.2. The minimum atomic E-state index is -3.73. The molecule has 1 aliphatic heterocycles. The number of anilines is 2. The highest BCUT2D eigenvalue weighted by molar-refractivity contribution is 7.93. The highest BCUT2D eigenvalue weighted by Crippen LogP contribution is 2.22. The third-order valence-electron chi connectivity index (χ3n) is 4.61. The Kier molecular flexibility index (Phi) is 9.57. The summed E-state index contributed by atoms with van der Waals surface area (Å²) in [6, 6.07) is 7.32. The quantitative estimate of drug-likeness (QED) is 0.517. The number of carbonyl (C=O) groups excluding carboxylic acids is 1. The molecule has 2 rings (SSSR count). The van der Waals surface area contributed by atoms with Gasteiger partial charge in [0.25, 0.3) is 0 Å². The summed E-state index contributed by atoms with van der Waals surface area (Å²) in [5.74, 6) is -1.09. The summed E-state index contributed by atoms with van der Waals surface area (Å²) < 4.78 is 32.3. The van der Waals surface area contributed by atoms with Crippen LogP contribution >= 0.6 is 0 Å². The van der Waals surface area contributed by atoms with Crippen molar-refractivity contribution in [3.05, 3.63) is 24.3 Å². The van der Waals surface area contributed by atoms with Crippen molar-refractivity contribution in [3.8, 4) is 0 Å². The van der Waals surface area contributed by atoms with Gasteiger partial charge in [0.15, 0.2) is 0 Å². The average Bonchev–Trinajstić information content (AvgIpc) is 2.68. The van der Waals surface area contributed by atoms with Gasteiger partial charge in [-0.15, -0.1) is 0 Å². The zero-order chi connectivity index (χ0) is 20.2. The van der Waals surface area contributed by atoms with Gasteiger partial charge in [0.1, 0.15) is 5.75 Å². The van der Waals surface area contributed by atoms with Crippen molar-refractivity contribution in [1.82, 2.24) is 5.32 Å². The van der Waals surface area contributed by atoms with Crippen molar-refractivity contribution >= 4 is 27.3 Å². The molecule has 158 valence electrons. The molecule has 0 saturated carbocycles. The fourth-order valence-corrected chi connectivity index (χ4v) is 4.10. The molecule has 0 aromatic heterocycles. The molecular weight excluding hydrogens is 378 g/mol. The molecule has 0 aliphatic carbocycles. The van der Waals surface area contributed by atoms with Crippen LogP contribution in [0.5, 0.6) is 0 Å². The Bertz CT molecular complexity index is 686. The average molecular weight is 412 g/mol. The van der Waals surface area contributed by atoms with Crippen LogP contribution in [0.4, 0.5) is 11.4 Å². The third-order valence-corrected chi connectivity index (χ3v) is 5.80. The lowest BCUT2D eigenvalue weighted by Gasteiger charge is -2.28. The Labute approximate surface area is 168 Å². The van der Waals surface area contributed by atoms with E-state index < -0.39 is 21.7 Å². The van der Waals surface area contributed by atoms with Crippen LogP contribution in [0.2, 0.25) is 0 Å². The second-order valence-electron chi connectivity index (χ2n) is 7.13. The minimum Gasteiger partial charge on any atom is -0.381 e. The number of nitrogens with zero attached hydrogens (tertiary/aromatic N) is 1. The molecule has 1 fully saturated rings. The highest BCUT2D eigenvalue weighted by Gasteiger charge is 2.17. The van der Waals surface area contributed by atoms with Gasteiger partial charge in [-0.3, -0.25) is 9.52 Å². The van der Waals surface area contributed by atoms with E-state index in [-0.39, 0.29) is 0 Å². The number of amides is 1. The number of carbonyl (C=O) groups is 1.